The molecule has 1 aliphatic carbocycles. The first kappa shape index (κ1) is 21.5. The summed E-state index contributed by atoms with van der Waals surface area (Å²) in [6.45, 7) is 1.65. The van der Waals surface area contributed by atoms with Crippen LogP contribution in [0.25, 0.3) is 0 Å². The number of hydroxylamine groups is 4. The third-order valence-electron chi connectivity index (χ3n) is 5.29. The summed E-state index contributed by atoms with van der Waals surface area (Å²) < 4.78 is 5.16. The molecule has 162 valence electrons. The fraction of sp³-hybridized carbons (Fsp3) is 0.579. The molecule has 0 bridgehead atoms. The van der Waals surface area contributed by atoms with Crippen molar-refractivity contribution in [2.24, 2.45) is 5.41 Å². The molecule has 0 aromatic carbocycles. The number of hydrogen-bond donors (Lipinski definition) is 0. The molecular weight excluding hydrogens is 400 g/mol. The maximum atomic E-state index is 12.7. The third-order valence-corrected chi connectivity index (χ3v) is 5.29. The van der Waals surface area contributed by atoms with E-state index in [4.69, 9.17) is 9.57 Å². The summed E-state index contributed by atoms with van der Waals surface area (Å²) in [4.78, 5) is 80.8. The Labute approximate surface area is 171 Å². The first-order valence-electron chi connectivity index (χ1n) is 9.69. The maximum absolute atomic E-state index is 12.7. The van der Waals surface area contributed by atoms with Crippen LogP contribution in [0.4, 0.5) is 4.79 Å². The molecule has 2 fully saturated rings. The van der Waals surface area contributed by atoms with Gasteiger partial charge in [-0.1, -0.05) is 11.1 Å². The van der Waals surface area contributed by atoms with Gasteiger partial charge < -0.3 is 9.57 Å². The molecule has 0 aromatic heterocycles. The van der Waals surface area contributed by atoms with Gasteiger partial charge in [0.05, 0.1) is 5.41 Å². The van der Waals surface area contributed by atoms with Crippen LogP contribution in [0.2, 0.25) is 0 Å². The molecule has 3 aliphatic rings. The van der Waals surface area contributed by atoms with E-state index in [1.54, 1.807) is 19.1 Å². The molecule has 3 rings (SSSR count). The number of hydrogen-bond acceptors (Lipinski definition) is 9. The van der Waals surface area contributed by atoms with Gasteiger partial charge in [-0.2, -0.15) is 0 Å². The zero-order chi connectivity index (χ0) is 21.9. The molecule has 4 amide bonds. The minimum absolute atomic E-state index is 0.00557. The number of nitrogens with zero attached hydrogens (tertiary/aromatic N) is 2. The lowest BCUT2D eigenvalue weighted by Crippen LogP contribution is -2.40. The molecule has 11 heteroatoms. The van der Waals surface area contributed by atoms with Crippen LogP contribution in [0.15, 0.2) is 12.2 Å². The van der Waals surface area contributed by atoms with Gasteiger partial charge in [0, 0.05) is 25.7 Å². The molecule has 2 aliphatic heterocycles. The van der Waals surface area contributed by atoms with Crippen molar-refractivity contribution in [3.63, 3.8) is 0 Å². The molecule has 0 saturated carbocycles. The highest BCUT2D eigenvalue weighted by Gasteiger charge is 2.41. The van der Waals surface area contributed by atoms with E-state index < -0.39 is 47.3 Å². The van der Waals surface area contributed by atoms with E-state index in [9.17, 15) is 28.8 Å². The summed E-state index contributed by atoms with van der Waals surface area (Å²) in [5, 5.41) is 0.901. The quantitative estimate of drug-likeness (QED) is 0.373. The Hall–Kier alpha value is -3.24. The Morgan fingerprint density at radius 2 is 1.43 bits per heavy atom. The van der Waals surface area contributed by atoms with E-state index in [0.717, 1.165) is 0 Å². The number of imide groups is 2. The van der Waals surface area contributed by atoms with Gasteiger partial charge in [-0.15, -0.1) is 5.06 Å². The molecule has 2 saturated heterocycles. The number of ether oxygens (including phenoxy) is 1. The van der Waals surface area contributed by atoms with Crippen molar-refractivity contribution < 1.29 is 43.2 Å². The van der Waals surface area contributed by atoms with Gasteiger partial charge in [-0.25, -0.2) is 9.59 Å². The van der Waals surface area contributed by atoms with E-state index in [1.165, 1.54) is 0 Å². The minimum atomic E-state index is -1.20. The van der Waals surface area contributed by atoms with Crippen molar-refractivity contribution in [1.82, 2.24) is 10.1 Å². The summed E-state index contributed by atoms with van der Waals surface area (Å²) in [7, 11) is 0. The second-order valence-corrected chi connectivity index (χ2v) is 7.61. The highest BCUT2D eigenvalue weighted by Crippen LogP contribution is 2.35. The molecule has 0 aromatic rings. The predicted octanol–water partition coefficient (Wildman–Crippen LogP) is 1.32. The van der Waals surface area contributed by atoms with Crippen LogP contribution in [0.5, 0.6) is 0 Å². The third kappa shape index (κ3) is 4.66. The van der Waals surface area contributed by atoms with Gasteiger partial charge in [-0.3, -0.25) is 24.0 Å². The average molecular weight is 422 g/mol. The number of allylic oxidation sites excluding steroid dienone is 1. The summed E-state index contributed by atoms with van der Waals surface area (Å²) in [6.07, 6.45) is 2.69. The highest BCUT2D eigenvalue weighted by atomic mass is 16.8. The lowest BCUT2D eigenvalue weighted by molar-refractivity contribution is -0.205. The Kier molecular flexibility index (Phi) is 6.18. The molecule has 2 atom stereocenters. The van der Waals surface area contributed by atoms with Crippen LogP contribution in [-0.4, -0.2) is 52.0 Å². The first-order chi connectivity index (χ1) is 14.2. The molecule has 0 radical (unpaired) electrons. The molecule has 0 spiro atoms. The molecule has 11 nitrogen and oxygen atoms in total. The lowest BCUT2D eigenvalue weighted by atomic mass is 9.79. The molecule has 30 heavy (non-hydrogen) atoms. The first-order valence-corrected chi connectivity index (χ1v) is 9.69. The second kappa shape index (κ2) is 8.64. The highest BCUT2D eigenvalue weighted by molar-refractivity contribution is 6.02. The minimum Gasteiger partial charge on any atom is -0.425 e. The van der Waals surface area contributed by atoms with E-state index in [0.29, 0.717) is 23.0 Å². The largest absolute Gasteiger partial charge is 0.534 e. The van der Waals surface area contributed by atoms with Crippen LogP contribution >= 0.6 is 0 Å². The standard InChI is InChI=1S/C19H22N2O9/c1-19(17(26)29-20-13(22)5-6-14(20)23)10-3-2-4-12(9-11-19)28-18(27)30-21-15(24)7-8-16(21)25/h2,4,12H,3,5-11H2,1H3/b4-2+/t12?,19-/m1/s1. The van der Waals surface area contributed by atoms with Crippen molar-refractivity contribution in [3.8, 4) is 0 Å². The Morgan fingerprint density at radius 3 is 2.00 bits per heavy atom. The number of carbonyl (C=O) groups excluding carboxylic acids is 6. The normalized spacial score (nSPS) is 28.2. The van der Waals surface area contributed by atoms with Crippen molar-refractivity contribution in [3.05, 3.63) is 12.2 Å². The van der Waals surface area contributed by atoms with E-state index in [1.807, 2.05) is 0 Å². The Bertz CT molecular complexity index is 789. The van der Waals surface area contributed by atoms with Gasteiger partial charge in [0.2, 0.25) is 0 Å². The number of amides is 4. The van der Waals surface area contributed by atoms with Crippen LogP contribution in [0.3, 0.4) is 0 Å². The van der Waals surface area contributed by atoms with Crippen LogP contribution in [0.1, 0.15) is 58.3 Å². The SMILES string of the molecule is C[C@@]1(C(=O)ON2C(=O)CCC2=O)CC/C=C/C(OC(=O)ON2C(=O)CCC2=O)CC1. The topological polar surface area (TPSA) is 137 Å². The summed E-state index contributed by atoms with van der Waals surface area (Å²) in [5.41, 5.74) is -1.01. The van der Waals surface area contributed by atoms with Crippen molar-refractivity contribution in [2.45, 2.75) is 64.4 Å². The van der Waals surface area contributed by atoms with E-state index in [-0.39, 0.29) is 38.5 Å². The van der Waals surface area contributed by atoms with Crippen molar-refractivity contribution in [2.75, 3.05) is 0 Å². The van der Waals surface area contributed by atoms with Crippen LogP contribution < -0.4 is 0 Å². The summed E-state index contributed by atoms with van der Waals surface area (Å²) in [5.74, 6) is -3.07. The predicted molar refractivity (Wildman–Crippen MR) is 95.3 cm³/mol. The van der Waals surface area contributed by atoms with Gasteiger partial charge in [0.25, 0.3) is 23.6 Å². The number of rotatable bonds is 4. The molecule has 2 heterocycles. The monoisotopic (exact) mass is 422 g/mol. The van der Waals surface area contributed by atoms with Crippen LogP contribution in [-0.2, 0) is 38.4 Å². The second-order valence-electron chi connectivity index (χ2n) is 7.61. The van der Waals surface area contributed by atoms with Crippen molar-refractivity contribution in [1.29, 1.82) is 0 Å². The van der Waals surface area contributed by atoms with Gasteiger partial charge in [0.15, 0.2) is 0 Å². The fourth-order valence-electron chi connectivity index (χ4n) is 3.36. The fourth-order valence-corrected chi connectivity index (χ4v) is 3.36. The van der Waals surface area contributed by atoms with E-state index >= 15 is 0 Å². The Morgan fingerprint density at radius 1 is 0.900 bits per heavy atom. The molecule has 0 N–H and O–H groups in total. The number of carbonyl (C=O) groups is 6. The van der Waals surface area contributed by atoms with Crippen molar-refractivity contribution >= 4 is 35.8 Å². The summed E-state index contributed by atoms with van der Waals surface area (Å²) >= 11 is 0. The van der Waals surface area contributed by atoms with E-state index in [2.05, 4.69) is 4.84 Å². The summed E-state index contributed by atoms with van der Waals surface area (Å²) in [6, 6.07) is 0. The molecular formula is C19H22N2O9. The average Bonchev–Trinajstić information content (AvgIpc) is 3.17. The smallest absolute Gasteiger partial charge is 0.425 e. The Balaban J connectivity index is 1.57. The van der Waals surface area contributed by atoms with Crippen LogP contribution in [0, 0.1) is 5.41 Å². The van der Waals surface area contributed by atoms with Gasteiger partial charge in [0.1, 0.15) is 6.10 Å². The lowest BCUT2D eigenvalue weighted by Gasteiger charge is -2.30. The zero-order valence-electron chi connectivity index (χ0n) is 16.5. The van der Waals surface area contributed by atoms with Gasteiger partial charge >= 0.3 is 12.1 Å². The maximum Gasteiger partial charge on any atom is 0.534 e. The zero-order valence-corrected chi connectivity index (χ0v) is 16.5. The molecule has 1 unspecified atom stereocenters. The van der Waals surface area contributed by atoms with Gasteiger partial charge in [-0.05, 0) is 38.7 Å².